The minimum atomic E-state index is -1.80. The van der Waals surface area contributed by atoms with Crippen LogP contribution in [0.25, 0.3) is 10.2 Å². The summed E-state index contributed by atoms with van der Waals surface area (Å²) < 4.78 is 11.3. The molecule has 1 aromatic heterocycles. The van der Waals surface area contributed by atoms with E-state index < -0.39 is 48.7 Å². The van der Waals surface area contributed by atoms with E-state index in [0.717, 1.165) is 0 Å². The Morgan fingerprint density at radius 2 is 1.87 bits per heavy atom. The number of ether oxygens (including phenoxy) is 2. The van der Waals surface area contributed by atoms with Gasteiger partial charge in [-0.25, -0.2) is 14.6 Å². The second-order valence-corrected chi connectivity index (χ2v) is 8.64. The first-order valence-electron chi connectivity index (χ1n) is 8.68. The number of benzene rings is 1. The van der Waals surface area contributed by atoms with Crippen LogP contribution < -0.4 is 4.74 Å². The second kappa shape index (κ2) is 8.09. The Morgan fingerprint density at radius 3 is 2.53 bits per heavy atom. The molecule has 0 spiro atoms. The fourth-order valence-electron chi connectivity index (χ4n) is 2.97. The molecule has 0 bridgehead atoms. The van der Waals surface area contributed by atoms with Gasteiger partial charge in [0.05, 0.1) is 10.2 Å². The van der Waals surface area contributed by atoms with Crippen LogP contribution in [0.3, 0.4) is 0 Å². The van der Waals surface area contributed by atoms with Crippen LogP contribution in [0.15, 0.2) is 23.2 Å². The third-order valence-corrected chi connectivity index (χ3v) is 6.75. The second-order valence-electron chi connectivity index (χ2n) is 6.60. The molecular weight excluding hydrogens is 440 g/mol. The molecule has 1 fully saturated rings. The number of thioether (sulfide) groups is 1. The molecule has 6 atom stereocenters. The molecule has 2 aromatic rings. The highest BCUT2D eigenvalue weighted by molar-refractivity contribution is 8.15. The Kier molecular flexibility index (Phi) is 5.65. The molecule has 1 aromatic carbocycles. The van der Waals surface area contributed by atoms with Crippen molar-refractivity contribution in [3.8, 4) is 5.75 Å². The van der Waals surface area contributed by atoms with E-state index in [1.807, 2.05) is 0 Å². The maximum absolute atomic E-state index is 11.2. The van der Waals surface area contributed by atoms with Gasteiger partial charge in [0.2, 0.25) is 6.29 Å². The molecule has 0 saturated carbocycles. The average Bonchev–Trinajstić information content (AvgIpc) is 3.34. The number of thiazole rings is 1. The molecule has 0 amide bonds. The molecule has 2 aliphatic rings. The Labute approximate surface area is 176 Å². The summed E-state index contributed by atoms with van der Waals surface area (Å²) in [4.78, 5) is 30.8. The lowest BCUT2D eigenvalue weighted by Gasteiger charge is -2.38. The summed E-state index contributed by atoms with van der Waals surface area (Å²) in [6, 6.07) is 3.95. The number of aliphatic carboxylic acids is 2. The van der Waals surface area contributed by atoms with Crippen molar-refractivity contribution < 1.29 is 44.6 Å². The molecule has 13 heteroatoms. The SMILES string of the molecule is O=C(O)C1CSC(c2nc3ccc(O[C@@H]4O[C@H](C(=O)O)[C@@H](O)[C@H](O)[C@H]4O)cc3s2)=N1. The molecule has 11 nitrogen and oxygen atoms in total. The minimum absolute atomic E-state index is 0.221. The molecular formula is C17H16N2O9S2. The number of aliphatic hydroxyl groups is 3. The van der Waals surface area contributed by atoms with Crippen molar-refractivity contribution in [3.05, 3.63) is 23.2 Å². The number of fused-ring (bicyclic) bond motifs is 1. The summed E-state index contributed by atoms with van der Waals surface area (Å²) in [6.45, 7) is 0. The molecule has 0 aliphatic carbocycles. The standard InChI is InChI=1S/C17H16N2O9S2/c20-9-10(21)12(16(25)26)28-17(11(9)22)27-5-1-2-6-8(3-5)30-14(18-6)13-19-7(4-29-13)15(23)24/h1-3,7,9-12,17,20-22H,4H2,(H,23,24)(H,25,26)/t7?,9-,10-,11+,12-,17+/m0/s1. The van der Waals surface area contributed by atoms with Gasteiger partial charge in [0.15, 0.2) is 12.1 Å². The van der Waals surface area contributed by atoms with Gasteiger partial charge < -0.3 is 35.0 Å². The zero-order chi connectivity index (χ0) is 21.6. The highest BCUT2D eigenvalue weighted by atomic mass is 32.2. The van der Waals surface area contributed by atoms with Crippen molar-refractivity contribution in [3.63, 3.8) is 0 Å². The number of aliphatic hydroxyl groups excluding tert-OH is 3. The van der Waals surface area contributed by atoms with Gasteiger partial charge in [0, 0.05) is 5.75 Å². The normalized spacial score (nSPS) is 31.5. The van der Waals surface area contributed by atoms with E-state index in [1.165, 1.54) is 29.2 Å². The summed E-state index contributed by atoms with van der Waals surface area (Å²) in [5, 5.41) is 49.0. The Hall–Kier alpha value is -2.29. The van der Waals surface area contributed by atoms with Crippen molar-refractivity contribution in [1.82, 2.24) is 4.98 Å². The summed E-state index contributed by atoms with van der Waals surface area (Å²) in [5.74, 6) is -1.93. The number of carboxylic acids is 2. The van der Waals surface area contributed by atoms with Gasteiger partial charge in [0.1, 0.15) is 34.1 Å². The third kappa shape index (κ3) is 3.87. The summed E-state index contributed by atoms with van der Waals surface area (Å²) >= 11 is 2.58. The highest BCUT2D eigenvalue weighted by Crippen LogP contribution is 2.33. The first-order valence-corrected chi connectivity index (χ1v) is 10.5. The number of hydrogen-bond donors (Lipinski definition) is 5. The van der Waals surface area contributed by atoms with E-state index >= 15 is 0 Å². The van der Waals surface area contributed by atoms with Gasteiger partial charge in [-0.05, 0) is 18.2 Å². The Balaban J connectivity index is 1.55. The number of rotatable bonds is 5. The molecule has 4 rings (SSSR count). The van der Waals surface area contributed by atoms with Gasteiger partial charge in [-0.15, -0.1) is 23.1 Å². The number of hydrogen-bond acceptors (Lipinski definition) is 11. The molecule has 30 heavy (non-hydrogen) atoms. The predicted octanol–water partition coefficient (Wildman–Crippen LogP) is -0.486. The highest BCUT2D eigenvalue weighted by Gasteiger charge is 2.48. The van der Waals surface area contributed by atoms with Crippen molar-refractivity contribution in [2.75, 3.05) is 5.75 Å². The predicted molar refractivity (Wildman–Crippen MR) is 105 cm³/mol. The lowest BCUT2D eigenvalue weighted by Crippen LogP contribution is -2.61. The van der Waals surface area contributed by atoms with Crippen LogP contribution in [-0.4, -0.2) is 90.0 Å². The summed E-state index contributed by atoms with van der Waals surface area (Å²) in [5.41, 5.74) is 0.619. The van der Waals surface area contributed by atoms with E-state index in [0.29, 0.717) is 26.0 Å². The van der Waals surface area contributed by atoms with E-state index in [2.05, 4.69) is 9.98 Å². The summed E-state index contributed by atoms with van der Waals surface area (Å²) in [7, 11) is 0. The molecule has 3 heterocycles. The fourth-order valence-corrected chi connectivity index (χ4v) is 5.06. The molecule has 1 saturated heterocycles. The van der Waals surface area contributed by atoms with Crippen LogP contribution in [0, 0.1) is 0 Å². The largest absolute Gasteiger partial charge is 0.480 e. The number of carboxylic acid groups (broad SMARTS) is 2. The molecule has 1 unspecified atom stereocenters. The van der Waals surface area contributed by atoms with Crippen molar-refractivity contribution in [2.45, 2.75) is 36.7 Å². The van der Waals surface area contributed by atoms with Crippen molar-refractivity contribution >= 4 is 50.3 Å². The lowest BCUT2D eigenvalue weighted by atomic mass is 9.99. The zero-order valence-electron chi connectivity index (χ0n) is 15.0. The minimum Gasteiger partial charge on any atom is -0.480 e. The van der Waals surface area contributed by atoms with Gasteiger partial charge in [-0.2, -0.15) is 0 Å². The average molecular weight is 456 g/mol. The number of aromatic nitrogens is 1. The molecule has 160 valence electrons. The third-order valence-electron chi connectivity index (χ3n) is 4.54. The first-order chi connectivity index (χ1) is 14.2. The van der Waals surface area contributed by atoms with E-state index in [9.17, 15) is 24.9 Å². The molecule has 5 N–H and O–H groups in total. The van der Waals surface area contributed by atoms with Crippen LogP contribution in [0.5, 0.6) is 5.75 Å². The van der Waals surface area contributed by atoms with Crippen LogP contribution >= 0.6 is 23.1 Å². The monoisotopic (exact) mass is 456 g/mol. The molecule has 0 radical (unpaired) electrons. The molecule has 2 aliphatic heterocycles. The zero-order valence-corrected chi connectivity index (χ0v) is 16.6. The van der Waals surface area contributed by atoms with Crippen molar-refractivity contribution in [2.24, 2.45) is 4.99 Å². The maximum atomic E-state index is 11.2. The number of nitrogens with zero attached hydrogens (tertiary/aromatic N) is 2. The maximum Gasteiger partial charge on any atom is 0.335 e. The smallest absolute Gasteiger partial charge is 0.335 e. The van der Waals surface area contributed by atoms with Gasteiger partial charge in [0.25, 0.3) is 0 Å². The Bertz CT molecular complexity index is 1030. The van der Waals surface area contributed by atoms with Gasteiger partial charge in [-0.3, -0.25) is 4.99 Å². The number of aliphatic imine (C=N–C) groups is 1. The van der Waals surface area contributed by atoms with E-state index in [-0.39, 0.29) is 5.75 Å². The van der Waals surface area contributed by atoms with Crippen LogP contribution in [0.2, 0.25) is 0 Å². The van der Waals surface area contributed by atoms with Gasteiger partial charge >= 0.3 is 11.9 Å². The van der Waals surface area contributed by atoms with Crippen LogP contribution in [0.1, 0.15) is 5.01 Å². The first kappa shape index (κ1) is 21.0. The van der Waals surface area contributed by atoms with Crippen LogP contribution in [-0.2, 0) is 14.3 Å². The van der Waals surface area contributed by atoms with E-state index in [1.54, 1.807) is 12.1 Å². The number of carbonyl (C=O) groups is 2. The van der Waals surface area contributed by atoms with Crippen LogP contribution in [0.4, 0.5) is 0 Å². The fraction of sp³-hybridized carbons (Fsp3) is 0.412. The summed E-state index contributed by atoms with van der Waals surface area (Å²) in [6.07, 6.45) is -8.50. The quantitative estimate of drug-likeness (QED) is 0.392. The van der Waals surface area contributed by atoms with Gasteiger partial charge in [-0.1, -0.05) is 0 Å². The topological polar surface area (TPSA) is 179 Å². The lowest BCUT2D eigenvalue weighted by molar-refractivity contribution is -0.271. The Morgan fingerprint density at radius 1 is 1.10 bits per heavy atom. The van der Waals surface area contributed by atoms with Crippen molar-refractivity contribution in [1.29, 1.82) is 0 Å². The van der Waals surface area contributed by atoms with E-state index in [4.69, 9.17) is 19.7 Å².